The Balaban J connectivity index is 1.97. The highest BCUT2D eigenvalue weighted by atomic mass is 15.2. The Morgan fingerprint density at radius 2 is 1.70 bits per heavy atom. The molecule has 0 saturated heterocycles. The molecular weight excluding hydrogens is 286 g/mol. The summed E-state index contributed by atoms with van der Waals surface area (Å²) >= 11 is 0. The number of hydrogen-bond acceptors (Lipinski definition) is 2. The predicted octanol–water partition coefficient (Wildman–Crippen LogP) is 3.27. The van der Waals surface area contributed by atoms with E-state index in [9.17, 15) is 0 Å². The van der Waals surface area contributed by atoms with Gasteiger partial charge in [-0.05, 0) is 18.4 Å². The van der Waals surface area contributed by atoms with Crippen LogP contribution < -0.4 is 10.6 Å². The van der Waals surface area contributed by atoms with Crippen LogP contribution in [0.1, 0.15) is 63.9 Å². The summed E-state index contributed by atoms with van der Waals surface area (Å²) in [5.41, 5.74) is 1.25. The molecule has 5 heteroatoms. The molecule has 0 atom stereocenters. The second-order valence-corrected chi connectivity index (χ2v) is 6.17. The minimum Gasteiger partial charge on any atom is -0.356 e. The maximum absolute atomic E-state index is 4.27. The van der Waals surface area contributed by atoms with Gasteiger partial charge in [-0.3, -0.25) is 9.67 Å². The highest BCUT2D eigenvalue weighted by Gasteiger charge is 1.99. The SMILES string of the molecule is CCCCCCCCCCNC(=NC)NCCc1cnn(C)c1. The van der Waals surface area contributed by atoms with Crippen LogP contribution >= 0.6 is 0 Å². The lowest BCUT2D eigenvalue weighted by Gasteiger charge is -2.11. The van der Waals surface area contributed by atoms with Crippen LogP contribution in [0, 0.1) is 0 Å². The Kier molecular flexibility index (Phi) is 11.0. The number of nitrogens with zero attached hydrogens (tertiary/aromatic N) is 3. The molecule has 1 aromatic rings. The van der Waals surface area contributed by atoms with E-state index in [4.69, 9.17) is 0 Å². The molecule has 1 rings (SSSR count). The van der Waals surface area contributed by atoms with Crippen molar-refractivity contribution in [3.05, 3.63) is 18.0 Å². The van der Waals surface area contributed by atoms with Crippen molar-refractivity contribution in [2.24, 2.45) is 12.0 Å². The number of guanidine groups is 1. The van der Waals surface area contributed by atoms with Crippen LogP contribution in [-0.4, -0.2) is 35.9 Å². The van der Waals surface area contributed by atoms with Crippen molar-refractivity contribution in [3.63, 3.8) is 0 Å². The third-order valence-electron chi connectivity index (χ3n) is 4.01. The first kappa shape index (κ1) is 19.5. The van der Waals surface area contributed by atoms with Crippen LogP contribution in [0.5, 0.6) is 0 Å². The van der Waals surface area contributed by atoms with Gasteiger partial charge in [0.2, 0.25) is 0 Å². The molecule has 132 valence electrons. The average molecular weight is 322 g/mol. The predicted molar refractivity (Wildman–Crippen MR) is 98.9 cm³/mol. The van der Waals surface area contributed by atoms with Gasteiger partial charge in [-0.15, -0.1) is 0 Å². The molecule has 23 heavy (non-hydrogen) atoms. The highest BCUT2D eigenvalue weighted by Crippen LogP contribution is 2.07. The van der Waals surface area contributed by atoms with E-state index >= 15 is 0 Å². The zero-order valence-corrected chi connectivity index (χ0v) is 15.3. The highest BCUT2D eigenvalue weighted by molar-refractivity contribution is 5.79. The molecule has 0 fully saturated rings. The smallest absolute Gasteiger partial charge is 0.190 e. The Bertz CT molecular complexity index is 425. The third-order valence-corrected chi connectivity index (χ3v) is 4.01. The van der Waals surface area contributed by atoms with Crippen LogP contribution in [0.3, 0.4) is 0 Å². The quantitative estimate of drug-likeness (QED) is 0.353. The lowest BCUT2D eigenvalue weighted by Crippen LogP contribution is -2.38. The summed E-state index contributed by atoms with van der Waals surface area (Å²) in [6.45, 7) is 4.15. The van der Waals surface area contributed by atoms with E-state index in [0.29, 0.717) is 0 Å². The molecular formula is C18H35N5. The topological polar surface area (TPSA) is 54.2 Å². The van der Waals surface area contributed by atoms with E-state index in [2.05, 4.69) is 33.8 Å². The van der Waals surface area contributed by atoms with E-state index in [1.807, 2.05) is 25.0 Å². The molecule has 1 aromatic heterocycles. The lowest BCUT2D eigenvalue weighted by molar-refractivity contribution is 0.571. The maximum atomic E-state index is 4.27. The standard InChI is InChI=1S/C18H35N5/c1-4-5-6-7-8-9-10-11-13-20-18(19-2)21-14-12-17-15-22-23(3)16-17/h15-16H,4-14H2,1-3H3,(H2,19,20,21). The molecule has 0 aromatic carbocycles. The summed E-state index contributed by atoms with van der Waals surface area (Å²) in [5, 5.41) is 10.9. The van der Waals surface area contributed by atoms with Gasteiger partial charge in [0.1, 0.15) is 0 Å². The summed E-state index contributed by atoms with van der Waals surface area (Å²) < 4.78 is 1.84. The molecule has 0 saturated carbocycles. The normalized spacial score (nSPS) is 11.7. The van der Waals surface area contributed by atoms with Crippen LogP contribution in [0.4, 0.5) is 0 Å². The molecule has 0 aliphatic carbocycles. The number of unbranched alkanes of at least 4 members (excludes halogenated alkanes) is 7. The summed E-state index contributed by atoms with van der Waals surface area (Å²) in [7, 11) is 3.77. The first-order chi connectivity index (χ1) is 11.3. The fourth-order valence-electron chi connectivity index (χ4n) is 2.61. The largest absolute Gasteiger partial charge is 0.356 e. The lowest BCUT2D eigenvalue weighted by atomic mass is 10.1. The van der Waals surface area contributed by atoms with Crippen molar-refractivity contribution in [1.82, 2.24) is 20.4 Å². The summed E-state index contributed by atoms with van der Waals surface area (Å²) in [6, 6.07) is 0. The molecule has 0 amide bonds. The number of hydrogen-bond donors (Lipinski definition) is 2. The molecule has 0 bridgehead atoms. The molecule has 1 heterocycles. The van der Waals surface area contributed by atoms with E-state index in [1.54, 1.807) is 0 Å². The molecule has 0 aliphatic rings. The van der Waals surface area contributed by atoms with E-state index in [1.165, 1.54) is 56.9 Å². The Morgan fingerprint density at radius 3 is 2.30 bits per heavy atom. The number of aryl methyl sites for hydroxylation is 1. The van der Waals surface area contributed by atoms with Gasteiger partial charge in [0.25, 0.3) is 0 Å². The van der Waals surface area contributed by atoms with Crippen molar-refractivity contribution in [2.45, 2.75) is 64.7 Å². The summed E-state index contributed by atoms with van der Waals surface area (Å²) in [4.78, 5) is 4.27. The van der Waals surface area contributed by atoms with E-state index in [0.717, 1.165) is 25.5 Å². The van der Waals surface area contributed by atoms with Gasteiger partial charge in [0.15, 0.2) is 5.96 Å². The zero-order chi connectivity index (χ0) is 16.8. The van der Waals surface area contributed by atoms with Gasteiger partial charge in [-0.25, -0.2) is 0 Å². The molecule has 0 aliphatic heterocycles. The molecule has 5 nitrogen and oxygen atoms in total. The fraction of sp³-hybridized carbons (Fsp3) is 0.778. The fourth-order valence-corrected chi connectivity index (χ4v) is 2.61. The van der Waals surface area contributed by atoms with Gasteiger partial charge in [-0.2, -0.15) is 5.10 Å². The van der Waals surface area contributed by atoms with Crippen molar-refractivity contribution >= 4 is 5.96 Å². The van der Waals surface area contributed by atoms with Crippen LogP contribution in [-0.2, 0) is 13.5 Å². The van der Waals surface area contributed by atoms with Gasteiger partial charge >= 0.3 is 0 Å². The molecule has 0 spiro atoms. The third kappa shape index (κ3) is 9.97. The van der Waals surface area contributed by atoms with Gasteiger partial charge < -0.3 is 10.6 Å². The van der Waals surface area contributed by atoms with Gasteiger partial charge in [0.05, 0.1) is 6.20 Å². The molecule has 0 radical (unpaired) electrons. The zero-order valence-electron chi connectivity index (χ0n) is 15.3. The number of aromatic nitrogens is 2. The summed E-state index contributed by atoms with van der Waals surface area (Å²) in [6.07, 6.45) is 15.7. The Morgan fingerprint density at radius 1 is 1.04 bits per heavy atom. The number of nitrogens with one attached hydrogen (secondary N) is 2. The minimum atomic E-state index is 0.878. The first-order valence-electron chi connectivity index (χ1n) is 9.18. The minimum absolute atomic E-state index is 0.878. The molecule has 2 N–H and O–H groups in total. The Labute approximate surface area is 142 Å². The van der Waals surface area contributed by atoms with Crippen LogP contribution in [0.25, 0.3) is 0 Å². The van der Waals surface area contributed by atoms with Gasteiger partial charge in [-0.1, -0.05) is 51.9 Å². The first-order valence-corrected chi connectivity index (χ1v) is 9.18. The summed E-state index contributed by atoms with van der Waals surface area (Å²) in [5.74, 6) is 0.900. The second kappa shape index (κ2) is 13.0. The van der Waals surface area contributed by atoms with E-state index < -0.39 is 0 Å². The van der Waals surface area contributed by atoms with Crippen molar-refractivity contribution < 1.29 is 0 Å². The van der Waals surface area contributed by atoms with Crippen LogP contribution in [0.2, 0.25) is 0 Å². The number of rotatable bonds is 12. The second-order valence-electron chi connectivity index (χ2n) is 6.17. The number of aliphatic imine (C=N–C) groups is 1. The van der Waals surface area contributed by atoms with Crippen molar-refractivity contribution in [3.8, 4) is 0 Å². The maximum Gasteiger partial charge on any atom is 0.190 e. The van der Waals surface area contributed by atoms with Gasteiger partial charge in [0, 0.05) is 33.4 Å². The average Bonchev–Trinajstić information content (AvgIpc) is 2.97. The van der Waals surface area contributed by atoms with Crippen molar-refractivity contribution in [1.29, 1.82) is 0 Å². The van der Waals surface area contributed by atoms with Crippen molar-refractivity contribution in [2.75, 3.05) is 20.1 Å². The molecule has 0 unspecified atom stereocenters. The van der Waals surface area contributed by atoms with Crippen LogP contribution in [0.15, 0.2) is 17.4 Å². The monoisotopic (exact) mass is 321 g/mol. The Hall–Kier alpha value is -1.52. The van der Waals surface area contributed by atoms with E-state index in [-0.39, 0.29) is 0 Å².